The van der Waals surface area contributed by atoms with Crippen LogP contribution in [0.1, 0.15) is 73.9 Å². The van der Waals surface area contributed by atoms with Crippen molar-refractivity contribution in [3.63, 3.8) is 0 Å². The molecule has 9 rings (SSSR count). The average molecular weight is 568 g/mol. The van der Waals surface area contributed by atoms with Crippen LogP contribution < -0.4 is 15.4 Å². The van der Waals surface area contributed by atoms with Gasteiger partial charge in [0.1, 0.15) is 0 Å². The van der Waals surface area contributed by atoms with Crippen LogP contribution in [0.4, 0.5) is 5.69 Å². The SMILES string of the molecule is CCCNC(=NCC1CC1)Nc1ccc2[nH]c3c(c2c1)C[C@@]1(O)[C@H]2Cc4ccc(O)c5c4[C@@]1(CCN2CC1CC1)[C@H]3O5. The van der Waals surface area contributed by atoms with E-state index in [9.17, 15) is 10.2 Å². The van der Waals surface area contributed by atoms with Crippen LogP contribution >= 0.6 is 0 Å². The summed E-state index contributed by atoms with van der Waals surface area (Å²) in [6, 6.07) is 10.3. The highest BCUT2D eigenvalue weighted by atomic mass is 16.5. The quantitative estimate of drug-likeness (QED) is 0.209. The van der Waals surface area contributed by atoms with E-state index in [1.54, 1.807) is 6.07 Å². The van der Waals surface area contributed by atoms with Gasteiger partial charge in [-0.2, -0.15) is 0 Å². The standard InChI is InChI=1S/C34H41N5O3/c1-2-12-35-32(36-17-19-3-4-19)37-22-8-9-25-23(15-22)24-16-34(41)27-14-21-7-10-26(40)30-28(21)33(34,31(42-30)29(24)38-25)11-13-39(27)18-20-5-6-20/h7-10,15,19-20,27,31,38,40-41H,2-6,11-14,16-18H2,1H3,(H2,35,36,37)/t27-,31+,33+,34-/m1/s1. The van der Waals surface area contributed by atoms with Crippen molar-refractivity contribution in [2.45, 2.75) is 81.5 Å². The second kappa shape index (κ2) is 8.89. The zero-order chi connectivity index (χ0) is 28.2. The lowest BCUT2D eigenvalue weighted by Gasteiger charge is -2.62. The van der Waals surface area contributed by atoms with Crippen LogP contribution in [0.15, 0.2) is 35.3 Å². The van der Waals surface area contributed by atoms with E-state index in [4.69, 9.17) is 9.73 Å². The summed E-state index contributed by atoms with van der Waals surface area (Å²) >= 11 is 0. The van der Waals surface area contributed by atoms with Gasteiger partial charge in [0, 0.05) is 54.3 Å². The van der Waals surface area contributed by atoms with Gasteiger partial charge in [0.05, 0.1) is 16.7 Å². The maximum absolute atomic E-state index is 13.1. The lowest BCUT2D eigenvalue weighted by atomic mass is 9.49. The molecule has 0 amide bonds. The van der Waals surface area contributed by atoms with Gasteiger partial charge in [-0.3, -0.25) is 9.89 Å². The van der Waals surface area contributed by atoms with Crippen molar-refractivity contribution in [2.75, 3.05) is 31.5 Å². The Kier molecular flexibility index (Phi) is 5.35. The molecule has 4 atom stereocenters. The van der Waals surface area contributed by atoms with Crippen molar-refractivity contribution in [1.29, 1.82) is 0 Å². The number of ether oxygens (including phenoxy) is 1. The molecule has 2 aliphatic heterocycles. The first-order valence-electron chi connectivity index (χ1n) is 16.2. The van der Waals surface area contributed by atoms with E-state index in [2.05, 4.69) is 51.7 Å². The third-order valence-electron chi connectivity index (χ3n) is 11.2. The molecule has 3 aromatic rings. The molecule has 0 radical (unpaired) electrons. The van der Waals surface area contributed by atoms with Gasteiger partial charge >= 0.3 is 0 Å². The number of guanidine groups is 1. The molecule has 8 nitrogen and oxygen atoms in total. The van der Waals surface area contributed by atoms with Crippen LogP contribution in [0, 0.1) is 11.8 Å². The minimum absolute atomic E-state index is 0.0276. The van der Waals surface area contributed by atoms with Crippen molar-refractivity contribution >= 4 is 22.5 Å². The number of rotatable bonds is 7. The van der Waals surface area contributed by atoms with E-state index < -0.39 is 11.0 Å². The van der Waals surface area contributed by atoms with Gasteiger partial charge in [-0.15, -0.1) is 0 Å². The first kappa shape index (κ1) is 25.3. The number of phenols is 1. The van der Waals surface area contributed by atoms with E-state index in [-0.39, 0.29) is 17.9 Å². The minimum atomic E-state index is -0.984. The Labute approximate surface area is 246 Å². The van der Waals surface area contributed by atoms with E-state index in [0.29, 0.717) is 12.2 Å². The third kappa shape index (κ3) is 3.51. The fourth-order valence-electron chi connectivity index (χ4n) is 8.74. The van der Waals surface area contributed by atoms with Crippen molar-refractivity contribution in [2.24, 2.45) is 16.8 Å². The summed E-state index contributed by atoms with van der Waals surface area (Å²) < 4.78 is 6.75. The van der Waals surface area contributed by atoms with Gasteiger partial charge in [-0.05, 0) is 98.7 Å². The summed E-state index contributed by atoms with van der Waals surface area (Å²) in [5.41, 5.74) is 4.97. The molecule has 5 N–H and O–H groups in total. The molecule has 2 saturated carbocycles. The number of aromatic nitrogens is 1. The van der Waals surface area contributed by atoms with Gasteiger partial charge in [-0.1, -0.05) is 13.0 Å². The largest absolute Gasteiger partial charge is 0.504 e. The number of hydrogen-bond acceptors (Lipinski definition) is 5. The van der Waals surface area contributed by atoms with Gasteiger partial charge in [0.2, 0.25) is 0 Å². The molecule has 2 bridgehead atoms. The number of phenolic OH excluding ortho intramolecular Hbond substituents is 1. The highest BCUT2D eigenvalue weighted by molar-refractivity contribution is 5.97. The third-order valence-corrected chi connectivity index (χ3v) is 11.2. The molecule has 1 saturated heterocycles. The molecule has 2 aromatic carbocycles. The first-order chi connectivity index (χ1) is 20.5. The molecule has 8 heteroatoms. The fraction of sp³-hybridized carbons (Fsp3) is 0.559. The smallest absolute Gasteiger partial charge is 0.195 e. The Balaban J connectivity index is 1.15. The number of likely N-dealkylation sites (tertiary alicyclic amines) is 1. The zero-order valence-electron chi connectivity index (χ0n) is 24.4. The maximum atomic E-state index is 13.1. The lowest BCUT2D eigenvalue weighted by Crippen LogP contribution is -2.74. The molecule has 3 fully saturated rings. The summed E-state index contributed by atoms with van der Waals surface area (Å²) in [5, 5.41) is 32.2. The Morgan fingerprint density at radius 2 is 2.02 bits per heavy atom. The number of aromatic amines is 1. The molecule has 220 valence electrons. The van der Waals surface area contributed by atoms with E-state index in [1.807, 2.05) is 0 Å². The Morgan fingerprint density at radius 1 is 1.17 bits per heavy atom. The highest BCUT2D eigenvalue weighted by Gasteiger charge is 2.72. The molecular weight excluding hydrogens is 526 g/mol. The number of piperidine rings is 1. The number of benzene rings is 2. The van der Waals surface area contributed by atoms with Gasteiger partial charge in [-0.25, -0.2) is 0 Å². The number of aromatic hydroxyl groups is 1. The van der Waals surface area contributed by atoms with Crippen LogP contribution in [0.2, 0.25) is 0 Å². The molecule has 1 spiro atoms. The Morgan fingerprint density at radius 3 is 2.83 bits per heavy atom. The number of nitrogens with zero attached hydrogens (tertiary/aromatic N) is 2. The van der Waals surface area contributed by atoms with Crippen LogP contribution in [-0.2, 0) is 18.3 Å². The number of aliphatic hydroxyl groups is 1. The predicted octanol–water partition coefficient (Wildman–Crippen LogP) is 4.75. The zero-order valence-corrected chi connectivity index (χ0v) is 24.4. The Bertz CT molecular complexity index is 1620. The summed E-state index contributed by atoms with van der Waals surface area (Å²) in [5.74, 6) is 3.08. The number of aliphatic imine (C=N–C) groups is 1. The minimum Gasteiger partial charge on any atom is -0.504 e. The molecule has 0 unspecified atom stereocenters. The van der Waals surface area contributed by atoms with Gasteiger partial charge in [0.15, 0.2) is 23.6 Å². The Hall–Kier alpha value is -3.23. The van der Waals surface area contributed by atoms with E-state index in [1.165, 1.54) is 31.2 Å². The predicted molar refractivity (Wildman–Crippen MR) is 163 cm³/mol. The fourth-order valence-corrected chi connectivity index (χ4v) is 8.74. The second-order valence-electron chi connectivity index (χ2n) is 13.9. The summed E-state index contributed by atoms with van der Waals surface area (Å²) in [4.78, 5) is 11.2. The normalized spacial score (nSPS) is 31.0. The summed E-state index contributed by atoms with van der Waals surface area (Å²) in [7, 11) is 0. The molecule has 6 aliphatic rings. The van der Waals surface area contributed by atoms with Crippen molar-refractivity contribution in [3.8, 4) is 11.5 Å². The van der Waals surface area contributed by atoms with Crippen molar-refractivity contribution < 1.29 is 14.9 Å². The summed E-state index contributed by atoms with van der Waals surface area (Å²) in [6.07, 6.45) is 8.03. The molecule has 1 aromatic heterocycles. The number of H-pyrrole nitrogens is 1. The molecule has 3 heterocycles. The highest BCUT2D eigenvalue weighted by Crippen LogP contribution is 2.69. The van der Waals surface area contributed by atoms with Crippen LogP contribution in [-0.4, -0.2) is 63.9 Å². The van der Waals surface area contributed by atoms with Gasteiger partial charge < -0.3 is 30.6 Å². The van der Waals surface area contributed by atoms with Crippen LogP contribution in [0.3, 0.4) is 0 Å². The number of nitrogens with one attached hydrogen (secondary N) is 3. The number of fused-ring (bicyclic) bond motifs is 4. The topological polar surface area (TPSA) is 105 Å². The van der Waals surface area contributed by atoms with Gasteiger partial charge in [0.25, 0.3) is 0 Å². The lowest BCUT2D eigenvalue weighted by molar-refractivity contribution is -0.173. The molecule has 4 aliphatic carbocycles. The number of hydrogen-bond donors (Lipinski definition) is 5. The van der Waals surface area contributed by atoms with Crippen LogP contribution in [0.5, 0.6) is 11.5 Å². The van der Waals surface area contributed by atoms with E-state index in [0.717, 1.165) is 96.6 Å². The van der Waals surface area contributed by atoms with Crippen LogP contribution in [0.25, 0.3) is 10.9 Å². The van der Waals surface area contributed by atoms with Crippen molar-refractivity contribution in [1.82, 2.24) is 15.2 Å². The molecular formula is C34H41N5O3. The first-order valence-corrected chi connectivity index (χ1v) is 16.2. The van der Waals surface area contributed by atoms with E-state index >= 15 is 0 Å². The maximum Gasteiger partial charge on any atom is 0.195 e. The number of anilines is 1. The second-order valence-corrected chi connectivity index (χ2v) is 13.9. The molecule has 42 heavy (non-hydrogen) atoms. The average Bonchev–Trinajstić information content (AvgIpc) is 3.91. The monoisotopic (exact) mass is 567 g/mol. The summed E-state index contributed by atoms with van der Waals surface area (Å²) in [6.45, 7) is 5.93. The van der Waals surface area contributed by atoms with Crippen molar-refractivity contribution in [3.05, 3.63) is 52.7 Å².